The summed E-state index contributed by atoms with van der Waals surface area (Å²) in [5.41, 5.74) is 1.64. The van der Waals surface area contributed by atoms with E-state index in [9.17, 15) is 15.0 Å². The van der Waals surface area contributed by atoms with Crippen molar-refractivity contribution in [2.24, 2.45) is 5.92 Å². The van der Waals surface area contributed by atoms with Crippen LogP contribution in [0.15, 0.2) is 42.6 Å². The molecule has 0 radical (unpaired) electrons. The fourth-order valence-corrected chi connectivity index (χ4v) is 6.05. The van der Waals surface area contributed by atoms with Crippen LogP contribution >= 0.6 is 0 Å². The number of amides is 1. The summed E-state index contributed by atoms with van der Waals surface area (Å²) < 4.78 is 11.4. The first-order chi connectivity index (χ1) is 19.3. The van der Waals surface area contributed by atoms with Gasteiger partial charge in [-0.2, -0.15) is 0 Å². The van der Waals surface area contributed by atoms with Gasteiger partial charge in [-0.3, -0.25) is 4.79 Å². The maximum atomic E-state index is 13.1. The van der Waals surface area contributed by atoms with Crippen LogP contribution in [0.1, 0.15) is 61.5 Å². The molecule has 1 amide bonds. The minimum Gasteiger partial charge on any atom is -0.493 e. The summed E-state index contributed by atoms with van der Waals surface area (Å²) in [6.45, 7) is 5.16. The van der Waals surface area contributed by atoms with Crippen LogP contribution in [0.2, 0.25) is 0 Å². The Balaban J connectivity index is 1.12. The number of aliphatic hydroxyl groups excluding tert-OH is 1. The highest BCUT2D eigenvalue weighted by molar-refractivity contribution is 5.99. The number of aromatic amines is 1. The van der Waals surface area contributed by atoms with Crippen molar-refractivity contribution < 1.29 is 24.5 Å². The minimum atomic E-state index is -0.687. The molecule has 0 bridgehead atoms. The molecule has 1 saturated carbocycles. The molecule has 1 saturated heterocycles. The quantitative estimate of drug-likeness (QED) is 0.304. The number of carbonyl (C=O) groups excluding carboxylic acids is 1. The van der Waals surface area contributed by atoms with Crippen molar-refractivity contribution >= 4 is 16.8 Å². The van der Waals surface area contributed by atoms with Crippen molar-refractivity contribution in [3.63, 3.8) is 0 Å². The fourth-order valence-electron chi connectivity index (χ4n) is 6.05. The van der Waals surface area contributed by atoms with E-state index in [-0.39, 0.29) is 24.0 Å². The van der Waals surface area contributed by atoms with Crippen molar-refractivity contribution in [2.45, 2.75) is 69.6 Å². The van der Waals surface area contributed by atoms with Gasteiger partial charge in [-0.15, -0.1) is 0 Å². The molecule has 0 spiro atoms. The van der Waals surface area contributed by atoms with Crippen LogP contribution in [0.4, 0.5) is 0 Å². The average Bonchev–Trinajstić information content (AvgIpc) is 3.41. The monoisotopic (exact) mass is 550 g/mol. The first kappa shape index (κ1) is 28.4. The molecule has 1 aliphatic heterocycles. The van der Waals surface area contributed by atoms with Gasteiger partial charge in [0, 0.05) is 54.8 Å². The predicted molar refractivity (Wildman–Crippen MR) is 154 cm³/mol. The Hall–Kier alpha value is -3.14. The zero-order valence-corrected chi connectivity index (χ0v) is 23.6. The number of benzene rings is 1. The molecule has 2 fully saturated rings. The first-order valence-electron chi connectivity index (χ1n) is 14.5. The predicted octanol–water partition coefficient (Wildman–Crippen LogP) is 3.69. The number of rotatable bonds is 10. The van der Waals surface area contributed by atoms with Crippen molar-refractivity contribution in [3.8, 4) is 11.6 Å². The first-order valence-corrected chi connectivity index (χ1v) is 14.5. The molecular weight excluding hydrogens is 508 g/mol. The summed E-state index contributed by atoms with van der Waals surface area (Å²) in [5, 5.41) is 25.2. The lowest BCUT2D eigenvalue weighted by atomic mass is 9.80. The van der Waals surface area contributed by atoms with E-state index in [2.05, 4.69) is 27.1 Å². The molecule has 0 unspecified atom stereocenters. The van der Waals surface area contributed by atoms with E-state index >= 15 is 0 Å². The van der Waals surface area contributed by atoms with E-state index in [1.165, 1.54) is 0 Å². The smallest absolute Gasteiger partial charge is 0.267 e. The number of carbonyl (C=O) groups is 1. The number of H-pyrrole nitrogens is 1. The van der Waals surface area contributed by atoms with Gasteiger partial charge in [0.05, 0.1) is 25.4 Å². The second-order valence-electron chi connectivity index (χ2n) is 11.5. The van der Waals surface area contributed by atoms with Crippen LogP contribution in [0.3, 0.4) is 0 Å². The number of nitrogens with zero attached hydrogens (tertiary/aromatic N) is 2. The number of methoxy groups -OCH3 is 1. The van der Waals surface area contributed by atoms with Crippen LogP contribution in [0.25, 0.3) is 10.9 Å². The van der Waals surface area contributed by atoms with Crippen LogP contribution in [0, 0.1) is 5.92 Å². The van der Waals surface area contributed by atoms with E-state index in [4.69, 9.17) is 9.47 Å². The van der Waals surface area contributed by atoms with Crippen molar-refractivity contribution in [2.75, 3.05) is 33.4 Å². The van der Waals surface area contributed by atoms with Crippen LogP contribution in [-0.2, 0) is 6.42 Å². The number of piperidine rings is 1. The summed E-state index contributed by atoms with van der Waals surface area (Å²) in [6.07, 6.45) is 6.54. The Labute approximate surface area is 235 Å². The number of hydrogen-bond acceptors (Lipinski definition) is 7. The summed E-state index contributed by atoms with van der Waals surface area (Å²) in [5.74, 6) is 1.45. The van der Waals surface area contributed by atoms with Crippen molar-refractivity contribution in [3.05, 3.63) is 53.9 Å². The molecule has 2 aromatic heterocycles. The van der Waals surface area contributed by atoms with Gasteiger partial charge in [-0.25, -0.2) is 4.98 Å². The van der Waals surface area contributed by atoms with Crippen LogP contribution < -0.4 is 14.8 Å². The average molecular weight is 551 g/mol. The molecule has 1 aromatic carbocycles. The SMILES string of the molecule is COc1ncccc1CCOc1cccc2[nH]c(C(=O)N[C@H]3CC[C@](O)(CCN4CC[C@H](O)[C@@H](C)C4)CC3)cc12. The third-order valence-corrected chi connectivity index (χ3v) is 8.63. The number of pyridine rings is 1. The molecular formula is C31H42N4O5. The minimum absolute atomic E-state index is 0.0366. The number of hydrogen-bond donors (Lipinski definition) is 4. The summed E-state index contributed by atoms with van der Waals surface area (Å²) >= 11 is 0. The van der Waals surface area contributed by atoms with E-state index < -0.39 is 5.60 Å². The van der Waals surface area contributed by atoms with E-state index in [1.807, 2.05) is 36.4 Å². The molecule has 3 heterocycles. The van der Waals surface area contributed by atoms with Gasteiger partial charge in [-0.05, 0) is 68.7 Å². The lowest BCUT2D eigenvalue weighted by Crippen LogP contribution is -2.47. The van der Waals surface area contributed by atoms with Gasteiger partial charge in [0.15, 0.2) is 0 Å². The highest BCUT2D eigenvalue weighted by Crippen LogP contribution is 2.33. The van der Waals surface area contributed by atoms with E-state index in [0.717, 1.165) is 67.5 Å². The molecule has 9 heteroatoms. The molecule has 4 N–H and O–H groups in total. The number of aromatic nitrogens is 2. The highest BCUT2D eigenvalue weighted by atomic mass is 16.5. The lowest BCUT2D eigenvalue weighted by molar-refractivity contribution is -0.0272. The number of nitrogens with one attached hydrogen (secondary N) is 2. The van der Waals surface area contributed by atoms with Gasteiger partial charge >= 0.3 is 0 Å². The number of aliphatic hydroxyl groups is 2. The molecule has 5 rings (SSSR count). The Kier molecular flexibility index (Phi) is 8.93. The van der Waals surface area contributed by atoms with Gasteiger partial charge in [0.2, 0.25) is 5.88 Å². The Bertz CT molecular complexity index is 1290. The largest absolute Gasteiger partial charge is 0.493 e. The third kappa shape index (κ3) is 6.77. The Morgan fingerprint density at radius 3 is 2.83 bits per heavy atom. The normalized spacial score (nSPS) is 25.6. The summed E-state index contributed by atoms with van der Waals surface area (Å²) in [6, 6.07) is 11.5. The standard InChI is InChI=1S/C31H42N4O5/c1-21-20-35(16-10-27(21)36)17-14-31(38)12-8-23(9-13-31)33-29(37)26-19-24-25(34-26)6-3-7-28(24)40-18-11-22-5-4-15-32-30(22)39-2/h3-7,15,19,21,23,27,34,36,38H,8-14,16-18,20H2,1-2H3,(H,33,37)/t21-,23-,27-,31+/m0/s1. The Morgan fingerprint density at radius 2 is 2.05 bits per heavy atom. The number of fused-ring (bicyclic) bond motifs is 1. The highest BCUT2D eigenvalue weighted by Gasteiger charge is 2.35. The molecule has 3 aromatic rings. The van der Waals surface area contributed by atoms with E-state index in [0.29, 0.717) is 37.4 Å². The van der Waals surface area contributed by atoms with Gasteiger partial charge < -0.3 is 34.9 Å². The zero-order chi connectivity index (χ0) is 28.1. The molecule has 40 heavy (non-hydrogen) atoms. The second kappa shape index (κ2) is 12.6. The van der Waals surface area contributed by atoms with Gasteiger partial charge in [-0.1, -0.05) is 19.1 Å². The maximum Gasteiger partial charge on any atom is 0.267 e. The lowest BCUT2D eigenvalue weighted by Gasteiger charge is -2.39. The molecule has 2 atom stereocenters. The second-order valence-corrected chi connectivity index (χ2v) is 11.5. The summed E-state index contributed by atoms with van der Waals surface area (Å²) in [7, 11) is 1.61. The topological polar surface area (TPSA) is 120 Å². The van der Waals surface area contributed by atoms with Crippen LogP contribution in [-0.4, -0.2) is 82.1 Å². The van der Waals surface area contributed by atoms with E-state index in [1.54, 1.807) is 13.3 Å². The van der Waals surface area contributed by atoms with Gasteiger partial charge in [0.1, 0.15) is 11.4 Å². The Morgan fingerprint density at radius 1 is 1.23 bits per heavy atom. The molecule has 1 aliphatic carbocycles. The van der Waals surface area contributed by atoms with Crippen molar-refractivity contribution in [1.29, 1.82) is 0 Å². The summed E-state index contributed by atoms with van der Waals surface area (Å²) in [4.78, 5) is 22.9. The van der Waals surface area contributed by atoms with Crippen LogP contribution in [0.5, 0.6) is 11.6 Å². The maximum absolute atomic E-state index is 13.1. The van der Waals surface area contributed by atoms with Crippen molar-refractivity contribution in [1.82, 2.24) is 20.2 Å². The number of likely N-dealkylation sites (tertiary alicyclic amines) is 1. The van der Waals surface area contributed by atoms with Gasteiger partial charge in [0.25, 0.3) is 5.91 Å². The molecule has 2 aliphatic rings. The zero-order valence-electron chi connectivity index (χ0n) is 23.6. The molecule has 9 nitrogen and oxygen atoms in total. The molecule has 216 valence electrons. The third-order valence-electron chi connectivity index (χ3n) is 8.63. The fraction of sp³-hybridized carbons (Fsp3) is 0.548. The number of ether oxygens (including phenoxy) is 2.